The highest BCUT2D eigenvalue weighted by Crippen LogP contribution is 2.23. The molecule has 19 heavy (non-hydrogen) atoms. The summed E-state index contributed by atoms with van der Waals surface area (Å²) in [7, 11) is 0. The first-order chi connectivity index (χ1) is 9.06. The number of hydrogen-bond donors (Lipinski definition) is 1. The summed E-state index contributed by atoms with van der Waals surface area (Å²) in [6, 6.07) is 0.222. The number of carbonyl (C=O) groups excluding carboxylic acids is 1. The number of amides is 1. The number of aromatic nitrogens is 2. The molecule has 0 aliphatic heterocycles. The highest BCUT2D eigenvalue weighted by Gasteiger charge is 2.23. The van der Waals surface area contributed by atoms with Gasteiger partial charge in [-0.3, -0.25) is 4.79 Å². The third-order valence-electron chi connectivity index (χ3n) is 3.59. The Kier molecular flexibility index (Phi) is 4.13. The van der Waals surface area contributed by atoms with Gasteiger partial charge in [-0.15, -0.1) is 0 Å². The van der Waals surface area contributed by atoms with Crippen molar-refractivity contribution in [2.75, 3.05) is 0 Å². The van der Waals surface area contributed by atoms with Crippen molar-refractivity contribution in [2.24, 2.45) is 5.92 Å². The summed E-state index contributed by atoms with van der Waals surface area (Å²) in [5.41, 5.74) is 0. The van der Waals surface area contributed by atoms with Crippen molar-refractivity contribution in [1.29, 1.82) is 0 Å². The molecule has 0 saturated heterocycles. The van der Waals surface area contributed by atoms with E-state index in [2.05, 4.69) is 17.2 Å². The largest absolute Gasteiger partial charge is 0.381 e. The molecule has 7 nitrogen and oxygen atoms in total. The molecule has 1 heterocycles. The molecule has 0 unspecified atom stereocenters. The molecule has 1 aliphatic rings. The van der Waals surface area contributed by atoms with Crippen molar-refractivity contribution < 1.29 is 9.72 Å². The lowest BCUT2D eigenvalue weighted by Crippen LogP contribution is -2.42. The molecule has 0 radical (unpaired) electrons. The van der Waals surface area contributed by atoms with Gasteiger partial charge >= 0.3 is 5.82 Å². The van der Waals surface area contributed by atoms with Crippen LogP contribution in [0.25, 0.3) is 0 Å². The SMILES string of the molecule is C[C@@H]1CCCC[C@H]1NC(=O)Cn1cnc([N+](=O)[O-])c1. The van der Waals surface area contributed by atoms with Gasteiger partial charge in [-0.1, -0.05) is 19.8 Å². The molecular formula is C12H18N4O3. The van der Waals surface area contributed by atoms with Gasteiger partial charge in [0.25, 0.3) is 0 Å². The lowest BCUT2D eigenvalue weighted by molar-refractivity contribution is -0.389. The van der Waals surface area contributed by atoms with Gasteiger partial charge in [0.1, 0.15) is 12.7 Å². The van der Waals surface area contributed by atoms with Crippen LogP contribution < -0.4 is 5.32 Å². The van der Waals surface area contributed by atoms with Crippen molar-refractivity contribution >= 4 is 11.7 Å². The van der Waals surface area contributed by atoms with Crippen LogP contribution in [0.15, 0.2) is 12.5 Å². The molecule has 1 aromatic rings. The molecule has 1 fully saturated rings. The van der Waals surface area contributed by atoms with Crippen molar-refractivity contribution in [1.82, 2.24) is 14.9 Å². The first kappa shape index (κ1) is 13.5. The molecule has 104 valence electrons. The minimum atomic E-state index is -0.572. The van der Waals surface area contributed by atoms with Crippen molar-refractivity contribution in [3.05, 3.63) is 22.6 Å². The van der Waals surface area contributed by atoms with Crippen LogP contribution in [0.3, 0.4) is 0 Å². The van der Waals surface area contributed by atoms with E-state index in [0.717, 1.165) is 19.3 Å². The summed E-state index contributed by atoms with van der Waals surface area (Å²) in [6.07, 6.45) is 7.09. The van der Waals surface area contributed by atoms with Gasteiger partial charge in [0, 0.05) is 6.04 Å². The van der Waals surface area contributed by atoms with Crippen molar-refractivity contribution in [3.63, 3.8) is 0 Å². The van der Waals surface area contributed by atoms with E-state index in [-0.39, 0.29) is 24.3 Å². The zero-order chi connectivity index (χ0) is 13.8. The zero-order valence-electron chi connectivity index (χ0n) is 10.9. The van der Waals surface area contributed by atoms with E-state index >= 15 is 0 Å². The van der Waals surface area contributed by atoms with Crippen molar-refractivity contribution in [3.8, 4) is 0 Å². The minimum absolute atomic E-state index is 0.0735. The fourth-order valence-electron chi connectivity index (χ4n) is 2.48. The summed E-state index contributed by atoms with van der Waals surface area (Å²) in [5.74, 6) is 0.139. The second kappa shape index (κ2) is 5.81. The first-order valence-corrected chi connectivity index (χ1v) is 6.52. The highest BCUT2D eigenvalue weighted by atomic mass is 16.6. The third kappa shape index (κ3) is 3.52. The molecule has 0 bridgehead atoms. The average Bonchev–Trinajstić information content (AvgIpc) is 2.80. The molecule has 0 aromatic carbocycles. The number of hydrogen-bond acceptors (Lipinski definition) is 4. The Hall–Kier alpha value is -1.92. The summed E-state index contributed by atoms with van der Waals surface area (Å²) in [4.78, 5) is 25.4. The van der Waals surface area contributed by atoms with Crippen LogP contribution in [0, 0.1) is 16.0 Å². The lowest BCUT2D eigenvalue weighted by atomic mass is 9.86. The van der Waals surface area contributed by atoms with Gasteiger partial charge in [0.2, 0.25) is 12.2 Å². The van der Waals surface area contributed by atoms with Gasteiger partial charge in [0.05, 0.1) is 0 Å². The molecule has 1 aliphatic carbocycles. The van der Waals surface area contributed by atoms with Crippen molar-refractivity contribution in [2.45, 2.75) is 45.2 Å². The van der Waals surface area contributed by atoms with Crippen LogP contribution in [0.2, 0.25) is 0 Å². The zero-order valence-corrected chi connectivity index (χ0v) is 10.9. The Labute approximate surface area is 111 Å². The van der Waals surface area contributed by atoms with Crippen LogP contribution in [0.4, 0.5) is 5.82 Å². The topological polar surface area (TPSA) is 90.1 Å². The fourth-order valence-corrected chi connectivity index (χ4v) is 2.48. The van der Waals surface area contributed by atoms with Gasteiger partial charge < -0.3 is 20.0 Å². The molecule has 1 N–H and O–H groups in total. The maximum atomic E-state index is 11.9. The number of carbonyl (C=O) groups is 1. The Morgan fingerprint density at radius 2 is 2.32 bits per heavy atom. The molecule has 7 heteroatoms. The monoisotopic (exact) mass is 266 g/mol. The third-order valence-corrected chi connectivity index (χ3v) is 3.59. The van der Waals surface area contributed by atoms with Crippen LogP contribution >= 0.6 is 0 Å². The molecule has 1 aromatic heterocycles. The molecule has 1 amide bonds. The van der Waals surface area contributed by atoms with Gasteiger partial charge in [-0.25, -0.2) is 0 Å². The smallest absolute Gasteiger partial charge is 0.358 e. The molecule has 1 saturated carbocycles. The van der Waals surface area contributed by atoms with Gasteiger partial charge in [-0.2, -0.15) is 0 Å². The van der Waals surface area contributed by atoms with E-state index in [0.29, 0.717) is 5.92 Å². The molecule has 0 spiro atoms. The average molecular weight is 266 g/mol. The van der Waals surface area contributed by atoms with E-state index in [1.165, 1.54) is 23.5 Å². The lowest BCUT2D eigenvalue weighted by Gasteiger charge is -2.29. The number of nitrogens with one attached hydrogen (secondary N) is 1. The van der Waals surface area contributed by atoms with E-state index in [4.69, 9.17) is 0 Å². The number of rotatable bonds is 4. The van der Waals surface area contributed by atoms with E-state index in [1.54, 1.807) is 0 Å². The summed E-state index contributed by atoms with van der Waals surface area (Å²) in [5, 5.41) is 13.5. The van der Waals surface area contributed by atoms with Crippen LogP contribution in [0.5, 0.6) is 0 Å². The Bertz CT molecular complexity index is 471. The normalized spacial score (nSPS) is 23.0. The highest BCUT2D eigenvalue weighted by molar-refractivity contribution is 5.76. The number of nitro groups is 1. The maximum Gasteiger partial charge on any atom is 0.381 e. The predicted octanol–water partition coefficient (Wildman–Crippen LogP) is 1.49. The van der Waals surface area contributed by atoms with E-state index < -0.39 is 4.92 Å². The second-order valence-electron chi connectivity index (χ2n) is 5.10. The van der Waals surface area contributed by atoms with Crippen LogP contribution in [-0.4, -0.2) is 26.4 Å². The van der Waals surface area contributed by atoms with E-state index in [1.807, 2.05) is 0 Å². The molecule has 2 rings (SSSR count). The number of nitrogens with zero attached hydrogens (tertiary/aromatic N) is 3. The second-order valence-corrected chi connectivity index (χ2v) is 5.10. The fraction of sp³-hybridized carbons (Fsp3) is 0.667. The predicted molar refractivity (Wildman–Crippen MR) is 68.4 cm³/mol. The summed E-state index contributed by atoms with van der Waals surface area (Å²) < 4.78 is 1.43. The molecule has 2 atom stereocenters. The first-order valence-electron chi connectivity index (χ1n) is 6.52. The maximum absolute atomic E-state index is 11.9. The van der Waals surface area contributed by atoms with Crippen LogP contribution in [-0.2, 0) is 11.3 Å². The Morgan fingerprint density at radius 3 is 2.95 bits per heavy atom. The summed E-state index contributed by atoms with van der Waals surface area (Å²) in [6.45, 7) is 2.22. The van der Waals surface area contributed by atoms with Gasteiger partial charge in [0.15, 0.2) is 0 Å². The molecular weight excluding hydrogens is 248 g/mol. The number of imidazole rings is 1. The van der Waals surface area contributed by atoms with Crippen LogP contribution in [0.1, 0.15) is 32.6 Å². The summed E-state index contributed by atoms with van der Waals surface area (Å²) >= 11 is 0. The standard InChI is InChI=1S/C12H18N4O3/c1-9-4-2-3-5-10(9)14-12(17)7-15-6-11(13-8-15)16(18)19/h6,8-10H,2-5,7H2,1H3,(H,14,17)/t9-,10-/m1/s1. The Balaban J connectivity index is 1.87. The minimum Gasteiger partial charge on any atom is -0.358 e. The quantitative estimate of drug-likeness (QED) is 0.660. The van der Waals surface area contributed by atoms with Gasteiger partial charge in [-0.05, 0) is 28.7 Å². The Morgan fingerprint density at radius 1 is 1.58 bits per heavy atom. The van der Waals surface area contributed by atoms with E-state index in [9.17, 15) is 14.9 Å².